The number of carbonyl (C=O) groups excluding carboxylic acids is 2. The largest absolute Gasteiger partial charge is 0.481 e. The second-order valence-electron chi connectivity index (χ2n) is 7.86. The van der Waals surface area contributed by atoms with E-state index in [-0.39, 0.29) is 29.9 Å². The number of benzene rings is 1. The Hall–Kier alpha value is -2.43. The highest BCUT2D eigenvalue weighted by atomic mass is 16.4. The van der Waals surface area contributed by atoms with Crippen LogP contribution in [0.4, 0.5) is 5.69 Å². The molecule has 5 heteroatoms. The van der Waals surface area contributed by atoms with Crippen LogP contribution in [-0.2, 0) is 9.59 Å². The Labute approximate surface area is 174 Å². The molecule has 0 aliphatic carbocycles. The number of anilines is 1. The summed E-state index contributed by atoms with van der Waals surface area (Å²) in [6.07, 6.45) is 5.74. The van der Waals surface area contributed by atoms with Crippen molar-refractivity contribution in [2.75, 3.05) is 5.32 Å². The number of aliphatic carboxylic acids is 1. The number of ketones is 1. The molecule has 3 unspecified atom stereocenters. The lowest BCUT2D eigenvalue weighted by atomic mass is 9.77. The molecule has 3 atom stereocenters. The Morgan fingerprint density at radius 3 is 2.21 bits per heavy atom. The van der Waals surface area contributed by atoms with Crippen molar-refractivity contribution < 1.29 is 19.5 Å². The lowest BCUT2D eigenvalue weighted by molar-refractivity contribution is -0.146. The number of hydrogen-bond donors (Lipinski definition) is 2. The van der Waals surface area contributed by atoms with Gasteiger partial charge < -0.3 is 10.4 Å². The smallest absolute Gasteiger partial charge is 0.307 e. The maximum Gasteiger partial charge on any atom is 0.307 e. The van der Waals surface area contributed by atoms with E-state index in [1.807, 2.05) is 6.92 Å². The van der Waals surface area contributed by atoms with Gasteiger partial charge in [0.05, 0.1) is 5.92 Å². The Morgan fingerprint density at radius 1 is 1.10 bits per heavy atom. The summed E-state index contributed by atoms with van der Waals surface area (Å²) in [5, 5.41) is 12.5. The fourth-order valence-electron chi connectivity index (χ4n) is 3.66. The normalized spacial score (nSPS) is 14.7. The number of rotatable bonds is 12. The van der Waals surface area contributed by atoms with Crippen LogP contribution in [0.2, 0.25) is 0 Å². The first-order valence-corrected chi connectivity index (χ1v) is 10.5. The maximum absolute atomic E-state index is 12.5. The van der Waals surface area contributed by atoms with Gasteiger partial charge in [-0.25, -0.2) is 0 Å². The molecule has 0 fully saturated rings. The Bertz CT molecular complexity index is 721. The van der Waals surface area contributed by atoms with Crippen LogP contribution in [-0.4, -0.2) is 22.8 Å². The van der Waals surface area contributed by atoms with Crippen molar-refractivity contribution in [1.29, 1.82) is 0 Å². The van der Waals surface area contributed by atoms with Crippen LogP contribution in [0.25, 0.3) is 0 Å². The Balaban J connectivity index is 2.76. The molecule has 0 bridgehead atoms. The summed E-state index contributed by atoms with van der Waals surface area (Å²) in [7, 11) is 0. The van der Waals surface area contributed by atoms with Gasteiger partial charge in [-0.15, -0.1) is 0 Å². The van der Waals surface area contributed by atoms with E-state index >= 15 is 0 Å². The molecule has 5 nitrogen and oxygen atoms in total. The SMILES string of the molecule is CC/C(C)=C\CCC(C)C(CC)C(CC(=O)Nc1ccc(C(C)=O)cc1)C(=O)O. The van der Waals surface area contributed by atoms with E-state index in [9.17, 15) is 19.5 Å². The number of amides is 1. The third-order valence-electron chi connectivity index (χ3n) is 5.69. The number of nitrogens with one attached hydrogen (secondary N) is 1. The van der Waals surface area contributed by atoms with Gasteiger partial charge in [0.15, 0.2) is 5.78 Å². The van der Waals surface area contributed by atoms with Crippen molar-refractivity contribution in [3.63, 3.8) is 0 Å². The zero-order chi connectivity index (χ0) is 22.0. The number of carboxylic acids is 1. The van der Waals surface area contributed by atoms with E-state index < -0.39 is 11.9 Å². The van der Waals surface area contributed by atoms with E-state index in [0.717, 1.165) is 25.7 Å². The first kappa shape index (κ1) is 24.6. The summed E-state index contributed by atoms with van der Waals surface area (Å²) in [4.78, 5) is 35.7. The minimum atomic E-state index is -0.925. The maximum atomic E-state index is 12.5. The highest BCUT2D eigenvalue weighted by Gasteiger charge is 2.32. The summed E-state index contributed by atoms with van der Waals surface area (Å²) in [6, 6.07) is 6.62. The van der Waals surface area contributed by atoms with E-state index in [2.05, 4.69) is 32.2 Å². The summed E-state index contributed by atoms with van der Waals surface area (Å²) in [5.41, 5.74) is 2.47. The molecule has 1 aromatic rings. The van der Waals surface area contributed by atoms with Gasteiger partial charge in [0.2, 0.25) is 5.91 Å². The van der Waals surface area contributed by atoms with Gasteiger partial charge in [0.1, 0.15) is 0 Å². The van der Waals surface area contributed by atoms with Gasteiger partial charge in [-0.1, -0.05) is 38.8 Å². The number of carbonyl (C=O) groups is 3. The van der Waals surface area contributed by atoms with Crippen LogP contribution in [0.1, 0.15) is 77.1 Å². The second kappa shape index (κ2) is 12.2. The zero-order valence-electron chi connectivity index (χ0n) is 18.3. The lowest BCUT2D eigenvalue weighted by Gasteiger charge is -2.28. The zero-order valence-corrected chi connectivity index (χ0v) is 18.3. The third kappa shape index (κ3) is 8.22. The molecule has 0 aromatic heterocycles. The molecule has 0 heterocycles. The molecular weight excluding hydrogens is 366 g/mol. The van der Waals surface area contributed by atoms with E-state index in [0.29, 0.717) is 11.3 Å². The molecule has 0 saturated carbocycles. The molecular formula is C24H35NO4. The molecule has 2 N–H and O–H groups in total. The van der Waals surface area contributed by atoms with Crippen molar-refractivity contribution >= 4 is 23.3 Å². The monoisotopic (exact) mass is 401 g/mol. The van der Waals surface area contributed by atoms with Gasteiger partial charge in [-0.3, -0.25) is 14.4 Å². The van der Waals surface area contributed by atoms with Gasteiger partial charge in [0, 0.05) is 17.7 Å². The van der Waals surface area contributed by atoms with Crippen LogP contribution in [0.5, 0.6) is 0 Å². The predicted octanol–water partition coefficient (Wildman–Crippen LogP) is 5.72. The summed E-state index contributed by atoms with van der Waals surface area (Å²) in [6.45, 7) is 9.78. The van der Waals surface area contributed by atoms with Crippen LogP contribution in [0.3, 0.4) is 0 Å². The topological polar surface area (TPSA) is 83.5 Å². The molecule has 1 rings (SSSR count). The molecule has 0 radical (unpaired) electrons. The number of carboxylic acid groups (broad SMARTS) is 1. The quantitative estimate of drug-likeness (QED) is 0.347. The Kier molecular flexibility index (Phi) is 10.4. The van der Waals surface area contributed by atoms with Gasteiger partial charge in [0.25, 0.3) is 0 Å². The summed E-state index contributed by atoms with van der Waals surface area (Å²) >= 11 is 0. The van der Waals surface area contributed by atoms with Crippen LogP contribution in [0.15, 0.2) is 35.9 Å². The van der Waals surface area contributed by atoms with E-state index in [1.54, 1.807) is 24.3 Å². The molecule has 1 amide bonds. The molecule has 0 aliphatic heterocycles. The number of allylic oxidation sites excluding steroid dienone is 2. The van der Waals surface area contributed by atoms with E-state index in [4.69, 9.17) is 0 Å². The number of hydrogen-bond acceptors (Lipinski definition) is 3. The van der Waals surface area contributed by atoms with Gasteiger partial charge in [-0.2, -0.15) is 0 Å². The molecule has 1 aromatic carbocycles. The molecule has 0 spiro atoms. The van der Waals surface area contributed by atoms with Crippen molar-refractivity contribution in [1.82, 2.24) is 0 Å². The van der Waals surface area contributed by atoms with Crippen LogP contribution < -0.4 is 5.32 Å². The highest BCUT2D eigenvalue weighted by molar-refractivity contribution is 5.96. The number of Topliss-reactive ketones (excluding diaryl/α,β-unsaturated/α-hetero) is 1. The standard InChI is InChI=1S/C24H35NO4/c1-6-16(3)9-8-10-17(4)21(7-2)22(24(28)29)15-23(27)25-20-13-11-19(12-14-20)18(5)26/h9,11-14,17,21-22H,6-8,10,15H2,1-5H3,(H,25,27)(H,28,29)/b16-9-. The van der Waals surface area contributed by atoms with Crippen molar-refractivity contribution in [2.45, 2.75) is 66.7 Å². The summed E-state index contributed by atoms with van der Waals surface area (Å²) < 4.78 is 0. The average Bonchev–Trinajstić information content (AvgIpc) is 2.67. The van der Waals surface area contributed by atoms with Gasteiger partial charge in [-0.05, 0) is 69.2 Å². The van der Waals surface area contributed by atoms with Crippen LogP contribution in [0, 0.1) is 17.8 Å². The highest BCUT2D eigenvalue weighted by Crippen LogP contribution is 2.31. The fourth-order valence-corrected chi connectivity index (χ4v) is 3.66. The molecule has 160 valence electrons. The minimum Gasteiger partial charge on any atom is -0.481 e. The molecule has 0 saturated heterocycles. The van der Waals surface area contributed by atoms with Crippen molar-refractivity contribution in [3.05, 3.63) is 41.5 Å². The van der Waals surface area contributed by atoms with Crippen LogP contribution >= 0.6 is 0 Å². The van der Waals surface area contributed by atoms with Gasteiger partial charge >= 0.3 is 5.97 Å². The third-order valence-corrected chi connectivity index (χ3v) is 5.69. The summed E-state index contributed by atoms with van der Waals surface area (Å²) in [5.74, 6) is -1.86. The fraction of sp³-hybridized carbons (Fsp3) is 0.542. The predicted molar refractivity (Wildman–Crippen MR) is 117 cm³/mol. The Morgan fingerprint density at radius 2 is 1.72 bits per heavy atom. The minimum absolute atomic E-state index is 0.0439. The van der Waals surface area contributed by atoms with Crippen molar-refractivity contribution in [3.8, 4) is 0 Å². The first-order valence-electron chi connectivity index (χ1n) is 10.5. The van der Waals surface area contributed by atoms with Crippen molar-refractivity contribution in [2.24, 2.45) is 17.8 Å². The second-order valence-corrected chi connectivity index (χ2v) is 7.86. The molecule has 29 heavy (non-hydrogen) atoms. The lowest BCUT2D eigenvalue weighted by Crippen LogP contribution is -2.32. The molecule has 0 aliphatic rings. The van der Waals surface area contributed by atoms with E-state index in [1.165, 1.54) is 12.5 Å². The first-order chi connectivity index (χ1) is 13.7. The average molecular weight is 402 g/mol.